The molecule has 1 aromatic rings. The summed E-state index contributed by atoms with van der Waals surface area (Å²) >= 11 is 0. The van der Waals surface area contributed by atoms with Crippen LogP contribution >= 0.6 is 0 Å². The lowest BCUT2D eigenvalue weighted by atomic mass is 9.86. The number of amides is 1. The van der Waals surface area contributed by atoms with Crippen LogP contribution in [0.1, 0.15) is 95.5 Å². The topological polar surface area (TPSA) is 71.5 Å². The number of carbonyl (C=O) groups is 4. The molecule has 1 saturated carbocycles. The van der Waals surface area contributed by atoms with Gasteiger partial charge in [0, 0.05) is 37.6 Å². The Morgan fingerprint density at radius 2 is 1.80 bits per heavy atom. The maximum atomic E-state index is 13.6. The Morgan fingerprint density at radius 1 is 1.09 bits per heavy atom. The second-order valence-corrected chi connectivity index (χ2v) is 10.4. The number of allylic oxidation sites excluding steroid dienone is 1. The molecule has 0 radical (unpaired) electrons. The van der Waals surface area contributed by atoms with Gasteiger partial charge in [0.25, 0.3) is 0 Å². The Balaban J connectivity index is 1.75. The Morgan fingerprint density at radius 3 is 2.46 bits per heavy atom. The molecule has 2 unspecified atom stereocenters. The highest BCUT2D eigenvalue weighted by Crippen LogP contribution is 2.35. The van der Waals surface area contributed by atoms with Crippen molar-refractivity contribution in [2.75, 3.05) is 6.54 Å². The van der Waals surface area contributed by atoms with Gasteiger partial charge < -0.3 is 4.90 Å². The summed E-state index contributed by atoms with van der Waals surface area (Å²) in [6, 6.07) is 9.54. The van der Waals surface area contributed by atoms with E-state index in [4.69, 9.17) is 0 Å². The van der Waals surface area contributed by atoms with Crippen molar-refractivity contribution in [1.82, 2.24) is 4.90 Å². The average molecular weight is 480 g/mol. The van der Waals surface area contributed by atoms with Crippen LogP contribution in [0.25, 0.3) is 0 Å². The molecule has 1 aliphatic heterocycles. The van der Waals surface area contributed by atoms with Crippen molar-refractivity contribution >= 4 is 23.3 Å². The van der Waals surface area contributed by atoms with Gasteiger partial charge in [-0.3, -0.25) is 19.2 Å². The highest BCUT2D eigenvalue weighted by molar-refractivity contribution is 6.38. The highest BCUT2D eigenvalue weighted by atomic mass is 16.2. The lowest BCUT2D eigenvalue weighted by Crippen LogP contribution is -2.42. The molecule has 3 rings (SSSR count). The fraction of sp³-hybridized carbons (Fsp3) is 0.600. The van der Waals surface area contributed by atoms with Gasteiger partial charge in [0.15, 0.2) is 11.6 Å². The minimum atomic E-state index is -0.601. The number of carbonyl (C=O) groups excluding carboxylic acids is 4. The second-order valence-electron chi connectivity index (χ2n) is 10.4. The number of rotatable bonds is 13. The molecule has 2 aliphatic rings. The van der Waals surface area contributed by atoms with E-state index in [0.29, 0.717) is 38.1 Å². The van der Waals surface area contributed by atoms with Gasteiger partial charge in [-0.25, -0.2) is 0 Å². The summed E-state index contributed by atoms with van der Waals surface area (Å²) in [5, 5.41) is 0. The molecular formula is C30H41NO4. The van der Waals surface area contributed by atoms with Crippen molar-refractivity contribution in [3.8, 4) is 0 Å². The van der Waals surface area contributed by atoms with E-state index in [1.807, 2.05) is 25.1 Å². The first kappa shape index (κ1) is 27.0. The summed E-state index contributed by atoms with van der Waals surface area (Å²) in [5.41, 5.74) is 1.14. The molecule has 3 atom stereocenters. The first-order valence-electron chi connectivity index (χ1n) is 13.5. The van der Waals surface area contributed by atoms with E-state index in [2.05, 4.69) is 18.7 Å². The Labute approximate surface area is 210 Å². The molecule has 1 aromatic carbocycles. The summed E-state index contributed by atoms with van der Waals surface area (Å²) in [7, 11) is 0. The van der Waals surface area contributed by atoms with Gasteiger partial charge in [-0.2, -0.15) is 0 Å². The maximum absolute atomic E-state index is 13.6. The molecule has 5 nitrogen and oxygen atoms in total. The third kappa shape index (κ3) is 7.46. The van der Waals surface area contributed by atoms with E-state index < -0.39 is 23.5 Å². The van der Waals surface area contributed by atoms with E-state index in [-0.39, 0.29) is 30.4 Å². The van der Waals surface area contributed by atoms with Crippen LogP contribution in [-0.4, -0.2) is 40.7 Å². The van der Waals surface area contributed by atoms with E-state index in [9.17, 15) is 19.2 Å². The van der Waals surface area contributed by atoms with Crippen molar-refractivity contribution in [2.24, 2.45) is 11.8 Å². The summed E-state index contributed by atoms with van der Waals surface area (Å²) in [6.07, 6.45) is 10.3. The monoisotopic (exact) mass is 479 g/mol. The van der Waals surface area contributed by atoms with Crippen LogP contribution < -0.4 is 0 Å². The van der Waals surface area contributed by atoms with Gasteiger partial charge >= 0.3 is 0 Å². The maximum Gasteiger partial charge on any atom is 0.223 e. The third-order valence-electron chi connectivity index (χ3n) is 7.76. The normalized spacial score (nSPS) is 21.5. The SMILES string of the molecule is C=CCCC(=O)C(=O)C(CCC)CC(=O)[C@@H]1CC(c2ccccc2)CN1C(=O)CC1CCCCC1. The molecule has 0 spiro atoms. The second kappa shape index (κ2) is 13.5. The first-order chi connectivity index (χ1) is 16.9. The summed E-state index contributed by atoms with van der Waals surface area (Å²) in [4.78, 5) is 54.0. The van der Waals surface area contributed by atoms with Crippen LogP contribution in [-0.2, 0) is 19.2 Å². The van der Waals surface area contributed by atoms with E-state index in [0.717, 1.165) is 24.8 Å². The fourth-order valence-electron chi connectivity index (χ4n) is 5.78. The Kier molecular flexibility index (Phi) is 10.4. The fourth-order valence-corrected chi connectivity index (χ4v) is 5.78. The van der Waals surface area contributed by atoms with E-state index in [1.54, 1.807) is 11.0 Å². The van der Waals surface area contributed by atoms with Gasteiger partial charge in [0.2, 0.25) is 11.7 Å². The zero-order valence-corrected chi connectivity index (χ0v) is 21.3. The van der Waals surface area contributed by atoms with E-state index in [1.165, 1.54) is 19.3 Å². The largest absolute Gasteiger partial charge is 0.332 e. The van der Waals surface area contributed by atoms with Gasteiger partial charge in [-0.15, -0.1) is 6.58 Å². The van der Waals surface area contributed by atoms with Crippen molar-refractivity contribution in [3.05, 3.63) is 48.6 Å². The lowest BCUT2D eigenvalue weighted by molar-refractivity contribution is -0.142. The standard InChI is InChI=1S/C30H41NO4/c1-3-5-17-27(32)30(35)24(12-4-2)20-28(33)26-19-25(23-15-10-7-11-16-23)21-31(26)29(34)18-22-13-8-6-9-14-22/h3,7,10-11,15-16,22,24-26H,1,4-6,8-9,12-14,17-21H2,2H3/t24?,25?,26-/m0/s1. The minimum Gasteiger partial charge on any atom is -0.332 e. The number of Topliss-reactive ketones (excluding diaryl/α,β-unsaturated/α-hetero) is 3. The Hall–Kier alpha value is -2.56. The van der Waals surface area contributed by atoms with Crippen molar-refractivity contribution < 1.29 is 19.2 Å². The summed E-state index contributed by atoms with van der Waals surface area (Å²) in [5.74, 6) is -0.974. The molecule has 0 N–H and O–H groups in total. The quantitative estimate of drug-likeness (QED) is 0.264. The van der Waals surface area contributed by atoms with Crippen LogP contribution in [0, 0.1) is 11.8 Å². The predicted molar refractivity (Wildman–Crippen MR) is 138 cm³/mol. The number of hydrogen-bond acceptors (Lipinski definition) is 4. The number of likely N-dealkylation sites (tertiary alicyclic amines) is 1. The molecular weight excluding hydrogens is 438 g/mol. The molecule has 1 aliphatic carbocycles. The number of benzene rings is 1. The van der Waals surface area contributed by atoms with Crippen molar-refractivity contribution in [2.45, 2.75) is 95.9 Å². The van der Waals surface area contributed by atoms with Gasteiger partial charge in [-0.1, -0.05) is 69.0 Å². The van der Waals surface area contributed by atoms with Gasteiger partial charge in [-0.05, 0) is 43.6 Å². The van der Waals surface area contributed by atoms with Crippen LogP contribution in [0.5, 0.6) is 0 Å². The molecule has 5 heteroatoms. The van der Waals surface area contributed by atoms with E-state index >= 15 is 0 Å². The molecule has 35 heavy (non-hydrogen) atoms. The summed E-state index contributed by atoms with van der Waals surface area (Å²) in [6.45, 7) is 6.11. The average Bonchev–Trinajstić information content (AvgIpc) is 3.34. The first-order valence-corrected chi connectivity index (χ1v) is 13.5. The third-order valence-corrected chi connectivity index (χ3v) is 7.76. The van der Waals surface area contributed by atoms with Gasteiger partial charge in [0.05, 0.1) is 6.04 Å². The molecule has 2 fully saturated rings. The Bertz CT molecular complexity index is 887. The smallest absolute Gasteiger partial charge is 0.223 e. The molecule has 0 bridgehead atoms. The van der Waals surface area contributed by atoms with Gasteiger partial charge in [0.1, 0.15) is 0 Å². The minimum absolute atomic E-state index is 0.0336. The van der Waals surface area contributed by atoms with Crippen LogP contribution in [0.3, 0.4) is 0 Å². The summed E-state index contributed by atoms with van der Waals surface area (Å²) < 4.78 is 0. The zero-order valence-electron chi connectivity index (χ0n) is 21.3. The van der Waals surface area contributed by atoms with Crippen molar-refractivity contribution in [1.29, 1.82) is 0 Å². The molecule has 1 heterocycles. The predicted octanol–water partition coefficient (Wildman–Crippen LogP) is 5.82. The molecule has 1 saturated heterocycles. The highest BCUT2D eigenvalue weighted by Gasteiger charge is 2.41. The molecule has 190 valence electrons. The van der Waals surface area contributed by atoms with Crippen LogP contribution in [0.4, 0.5) is 0 Å². The lowest BCUT2D eigenvalue weighted by Gasteiger charge is -2.28. The zero-order chi connectivity index (χ0) is 25.2. The van der Waals surface area contributed by atoms with Crippen LogP contribution in [0.15, 0.2) is 43.0 Å². The number of hydrogen-bond donors (Lipinski definition) is 0. The van der Waals surface area contributed by atoms with Crippen LogP contribution in [0.2, 0.25) is 0 Å². The van der Waals surface area contributed by atoms with Crippen molar-refractivity contribution in [3.63, 3.8) is 0 Å². The molecule has 0 aromatic heterocycles. The number of nitrogens with zero attached hydrogens (tertiary/aromatic N) is 1. The molecule has 1 amide bonds. The number of ketones is 3.